The van der Waals surface area contributed by atoms with Crippen molar-refractivity contribution in [1.82, 2.24) is 10.2 Å². The van der Waals surface area contributed by atoms with Gasteiger partial charge in [-0.15, -0.1) is 0 Å². The van der Waals surface area contributed by atoms with Gasteiger partial charge in [0.1, 0.15) is 5.75 Å². The van der Waals surface area contributed by atoms with E-state index in [9.17, 15) is 9.59 Å². The van der Waals surface area contributed by atoms with Gasteiger partial charge in [0.25, 0.3) is 5.91 Å². The van der Waals surface area contributed by atoms with Crippen molar-refractivity contribution in [1.29, 1.82) is 0 Å². The fourth-order valence-corrected chi connectivity index (χ4v) is 4.88. The van der Waals surface area contributed by atoms with Crippen LogP contribution in [-0.4, -0.2) is 56.0 Å². The summed E-state index contributed by atoms with van der Waals surface area (Å²) in [6.07, 6.45) is 2.65. The van der Waals surface area contributed by atoms with E-state index in [4.69, 9.17) is 4.74 Å². The van der Waals surface area contributed by atoms with Crippen molar-refractivity contribution in [2.75, 3.05) is 38.2 Å². The summed E-state index contributed by atoms with van der Waals surface area (Å²) in [5.74, 6) is 0.639. The fraction of sp³-hybridized carbons (Fsp3) is 0.462. The van der Waals surface area contributed by atoms with Crippen molar-refractivity contribution >= 4 is 17.5 Å². The fourth-order valence-electron chi connectivity index (χ4n) is 4.88. The standard InChI is InChI=1S/C26H33N3O3/c1-18-7-8-19(2)24(17-18)28-13-15-29(16-14-28)26(31)22-5-4-6-23(22)27-25(30)20-9-11-21(32-3)12-10-20/h7-12,17,22-23H,4-6,13-16H2,1-3H3,(H,27,30)/t22-,23+/m0/s1. The molecule has 1 saturated carbocycles. The number of aryl methyl sites for hydroxylation is 2. The van der Waals surface area contributed by atoms with Gasteiger partial charge >= 0.3 is 0 Å². The SMILES string of the molecule is COc1ccc(C(=O)N[C@@H]2CCC[C@@H]2C(=O)N2CCN(c3cc(C)ccc3C)CC2)cc1. The normalized spacial score (nSPS) is 20.8. The van der Waals surface area contributed by atoms with E-state index in [-0.39, 0.29) is 23.8 Å². The molecule has 1 aliphatic carbocycles. The summed E-state index contributed by atoms with van der Waals surface area (Å²) in [4.78, 5) is 30.4. The Hall–Kier alpha value is -3.02. The van der Waals surface area contributed by atoms with E-state index in [2.05, 4.69) is 42.3 Å². The molecule has 2 aliphatic rings. The molecule has 6 heteroatoms. The van der Waals surface area contributed by atoms with Gasteiger partial charge in [-0.25, -0.2) is 0 Å². The van der Waals surface area contributed by atoms with Crippen LogP contribution in [0.25, 0.3) is 0 Å². The van der Waals surface area contributed by atoms with Gasteiger partial charge in [-0.2, -0.15) is 0 Å². The summed E-state index contributed by atoms with van der Waals surface area (Å²) in [5.41, 5.74) is 4.38. The Morgan fingerprint density at radius 3 is 2.38 bits per heavy atom. The Kier molecular flexibility index (Phi) is 6.68. The molecule has 0 aromatic heterocycles. The maximum Gasteiger partial charge on any atom is 0.251 e. The molecule has 32 heavy (non-hydrogen) atoms. The summed E-state index contributed by atoms with van der Waals surface area (Å²) in [6, 6.07) is 13.5. The summed E-state index contributed by atoms with van der Waals surface area (Å²) >= 11 is 0. The van der Waals surface area contributed by atoms with E-state index in [0.29, 0.717) is 5.56 Å². The predicted molar refractivity (Wildman–Crippen MR) is 126 cm³/mol. The van der Waals surface area contributed by atoms with E-state index >= 15 is 0 Å². The van der Waals surface area contributed by atoms with Crippen LogP contribution in [0.2, 0.25) is 0 Å². The molecule has 2 fully saturated rings. The van der Waals surface area contributed by atoms with Gasteiger partial charge in [-0.1, -0.05) is 18.6 Å². The third-order valence-electron chi connectivity index (χ3n) is 6.80. The number of carbonyl (C=O) groups is 2. The molecule has 1 aliphatic heterocycles. The number of methoxy groups -OCH3 is 1. The zero-order chi connectivity index (χ0) is 22.7. The van der Waals surface area contributed by atoms with Crippen molar-refractivity contribution in [3.05, 3.63) is 59.2 Å². The smallest absolute Gasteiger partial charge is 0.251 e. The number of benzene rings is 2. The second-order valence-electron chi connectivity index (χ2n) is 8.95. The lowest BCUT2D eigenvalue weighted by atomic mass is 10.0. The van der Waals surface area contributed by atoms with E-state index in [1.165, 1.54) is 16.8 Å². The van der Waals surface area contributed by atoms with Crippen LogP contribution >= 0.6 is 0 Å². The Balaban J connectivity index is 1.35. The van der Waals surface area contributed by atoms with Crippen LogP contribution in [0.15, 0.2) is 42.5 Å². The molecular weight excluding hydrogens is 402 g/mol. The van der Waals surface area contributed by atoms with Gasteiger partial charge < -0.3 is 19.9 Å². The topological polar surface area (TPSA) is 61.9 Å². The molecule has 0 radical (unpaired) electrons. The van der Waals surface area contributed by atoms with Crippen LogP contribution in [0.5, 0.6) is 5.75 Å². The first-order valence-corrected chi connectivity index (χ1v) is 11.5. The lowest BCUT2D eigenvalue weighted by Gasteiger charge is -2.38. The molecular formula is C26H33N3O3. The van der Waals surface area contributed by atoms with Crippen molar-refractivity contribution in [2.24, 2.45) is 5.92 Å². The van der Waals surface area contributed by atoms with E-state index in [1.54, 1.807) is 31.4 Å². The zero-order valence-electron chi connectivity index (χ0n) is 19.3. The highest BCUT2D eigenvalue weighted by atomic mass is 16.5. The number of nitrogens with one attached hydrogen (secondary N) is 1. The average molecular weight is 436 g/mol. The number of rotatable bonds is 5. The van der Waals surface area contributed by atoms with Crippen LogP contribution in [0.4, 0.5) is 5.69 Å². The highest BCUT2D eigenvalue weighted by molar-refractivity contribution is 5.95. The molecule has 6 nitrogen and oxygen atoms in total. The van der Waals surface area contributed by atoms with Crippen molar-refractivity contribution in [3.8, 4) is 5.75 Å². The van der Waals surface area contributed by atoms with Gasteiger partial charge in [-0.05, 0) is 68.1 Å². The number of hydrogen-bond acceptors (Lipinski definition) is 4. The van der Waals surface area contributed by atoms with Gasteiger partial charge in [-0.3, -0.25) is 9.59 Å². The molecule has 2 amide bonds. The third kappa shape index (κ3) is 4.74. The summed E-state index contributed by atoms with van der Waals surface area (Å²) in [5, 5.41) is 3.11. The third-order valence-corrected chi connectivity index (χ3v) is 6.80. The molecule has 2 aromatic carbocycles. The second-order valence-corrected chi connectivity index (χ2v) is 8.95. The number of hydrogen-bond donors (Lipinski definition) is 1. The largest absolute Gasteiger partial charge is 0.497 e. The van der Waals surface area contributed by atoms with Crippen LogP contribution < -0.4 is 15.0 Å². The lowest BCUT2D eigenvalue weighted by Crippen LogP contribution is -2.53. The number of anilines is 1. The van der Waals surface area contributed by atoms with E-state index in [0.717, 1.165) is 51.2 Å². The Morgan fingerprint density at radius 1 is 0.969 bits per heavy atom. The molecule has 0 bridgehead atoms. The Bertz CT molecular complexity index is 965. The van der Waals surface area contributed by atoms with Crippen LogP contribution in [0.1, 0.15) is 40.7 Å². The first kappa shape index (κ1) is 22.2. The number of piperazine rings is 1. The summed E-state index contributed by atoms with van der Waals surface area (Å²) in [6.45, 7) is 7.38. The minimum atomic E-state index is -0.135. The van der Waals surface area contributed by atoms with Crippen LogP contribution in [-0.2, 0) is 4.79 Å². The quantitative estimate of drug-likeness (QED) is 0.780. The Morgan fingerprint density at radius 2 is 1.69 bits per heavy atom. The predicted octanol–water partition coefficient (Wildman–Crippen LogP) is 3.56. The number of ether oxygens (including phenoxy) is 1. The lowest BCUT2D eigenvalue weighted by molar-refractivity contribution is -0.136. The molecule has 2 aromatic rings. The van der Waals surface area contributed by atoms with E-state index in [1.807, 2.05) is 4.90 Å². The van der Waals surface area contributed by atoms with Crippen molar-refractivity contribution in [2.45, 2.75) is 39.2 Å². The molecule has 4 rings (SSSR count). The zero-order valence-corrected chi connectivity index (χ0v) is 19.3. The van der Waals surface area contributed by atoms with Gasteiger partial charge in [0.15, 0.2) is 0 Å². The molecule has 2 atom stereocenters. The molecule has 1 heterocycles. The molecule has 1 N–H and O–H groups in total. The number of carbonyl (C=O) groups excluding carboxylic acids is 2. The van der Waals surface area contributed by atoms with Gasteiger partial charge in [0, 0.05) is 43.5 Å². The molecule has 0 unspecified atom stereocenters. The van der Waals surface area contributed by atoms with Gasteiger partial charge in [0.05, 0.1) is 13.0 Å². The minimum Gasteiger partial charge on any atom is -0.497 e. The maximum absolute atomic E-state index is 13.3. The first-order valence-electron chi connectivity index (χ1n) is 11.5. The number of nitrogens with zero attached hydrogens (tertiary/aromatic N) is 2. The Labute approximate surface area is 190 Å². The first-order chi connectivity index (χ1) is 15.5. The molecule has 170 valence electrons. The van der Waals surface area contributed by atoms with Crippen molar-refractivity contribution in [3.63, 3.8) is 0 Å². The second kappa shape index (κ2) is 9.63. The maximum atomic E-state index is 13.3. The monoisotopic (exact) mass is 435 g/mol. The van der Waals surface area contributed by atoms with E-state index < -0.39 is 0 Å². The number of amides is 2. The van der Waals surface area contributed by atoms with Crippen molar-refractivity contribution < 1.29 is 14.3 Å². The van der Waals surface area contributed by atoms with Crippen LogP contribution in [0.3, 0.4) is 0 Å². The minimum absolute atomic E-state index is 0.103. The highest BCUT2D eigenvalue weighted by Crippen LogP contribution is 2.29. The molecule has 0 spiro atoms. The summed E-state index contributed by atoms with van der Waals surface area (Å²) in [7, 11) is 1.60. The van der Waals surface area contributed by atoms with Gasteiger partial charge in [0.2, 0.25) is 5.91 Å². The highest BCUT2D eigenvalue weighted by Gasteiger charge is 2.37. The summed E-state index contributed by atoms with van der Waals surface area (Å²) < 4.78 is 5.16. The molecule has 1 saturated heterocycles. The average Bonchev–Trinajstić information content (AvgIpc) is 3.28. The van der Waals surface area contributed by atoms with Crippen LogP contribution in [0, 0.1) is 19.8 Å².